The van der Waals surface area contributed by atoms with Gasteiger partial charge in [0.1, 0.15) is 5.69 Å². The average Bonchev–Trinajstić information content (AvgIpc) is 2.29. The van der Waals surface area contributed by atoms with E-state index in [4.69, 9.17) is 9.84 Å². The number of carboxylic acids is 1. The highest BCUT2D eigenvalue weighted by molar-refractivity contribution is 7.99. The molecule has 0 aromatic carbocycles. The molecule has 4 nitrogen and oxygen atoms in total. The van der Waals surface area contributed by atoms with Crippen LogP contribution < -0.4 is 0 Å². The SMILES string of the molecule is CCOCCCSc1ccnc(C(=O)O)c1. The minimum atomic E-state index is -0.989. The molecule has 1 aromatic heterocycles. The van der Waals surface area contributed by atoms with Gasteiger partial charge in [-0.2, -0.15) is 0 Å². The third-order valence-electron chi connectivity index (χ3n) is 1.86. The summed E-state index contributed by atoms with van der Waals surface area (Å²) in [6, 6.07) is 3.41. The highest BCUT2D eigenvalue weighted by atomic mass is 32.2. The van der Waals surface area contributed by atoms with Crippen molar-refractivity contribution in [2.24, 2.45) is 0 Å². The van der Waals surface area contributed by atoms with E-state index >= 15 is 0 Å². The van der Waals surface area contributed by atoms with Crippen molar-refractivity contribution >= 4 is 17.7 Å². The molecule has 0 atom stereocenters. The van der Waals surface area contributed by atoms with Crippen molar-refractivity contribution in [1.82, 2.24) is 4.98 Å². The molecule has 1 heterocycles. The summed E-state index contributed by atoms with van der Waals surface area (Å²) in [7, 11) is 0. The van der Waals surface area contributed by atoms with E-state index in [9.17, 15) is 4.79 Å². The molecule has 0 aliphatic rings. The quantitative estimate of drug-likeness (QED) is 0.586. The molecule has 0 fully saturated rings. The second-order valence-corrected chi connectivity index (χ2v) is 4.25. The summed E-state index contributed by atoms with van der Waals surface area (Å²) >= 11 is 1.62. The van der Waals surface area contributed by atoms with Crippen LogP contribution in [0.25, 0.3) is 0 Å². The van der Waals surface area contributed by atoms with E-state index in [1.807, 2.05) is 13.0 Å². The molecule has 0 bridgehead atoms. The molecule has 0 spiro atoms. The van der Waals surface area contributed by atoms with Crippen LogP contribution in [0.5, 0.6) is 0 Å². The lowest BCUT2D eigenvalue weighted by molar-refractivity contribution is 0.0690. The van der Waals surface area contributed by atoms with E-state index < -0.39 is 5.97 Å². The largest absolute Gasteiger partial charge is 0.477 e. The standard InChI is InChI=1S/C11H15NO3S/c1-2-15-6-3-7-16-9-4-5-12-10(8-9)11(13)14/h4-5,8H,2-3,6-7H2,1H3,(H,13,14). The molecular formula is C11H15NO3S. The monoisotopic (exact) mass is 241 g/mol. The molecule has 0 saturated carbocycles. The number of nitrogens with zero attached hydrogens (tertiary/aromatic N) is 1. The van der Waals surface area contributed by atoms with Crippen LogP contribution in [0.4, 0.5) is 0 Å². The first-order chi connectivity index (χ1) is 7.74. The first-order valence-corrected chi connectivity index (χ1v) is 6.12. The molecule has 0 aliphatic heterocycles. The molecule has 0 saturated heterocycles. The maximum absolute atomic E-state index is 10.7. The summed E-state index contributed by atoms with van der Waals surface area (Å²) < 4.78 is 5.21. The van der Waals surface area contributed by atoms with Gasteiger partial charge < -0.3 is 9.84 Å². The first-order valence-electron chi connectivity index (χ1n) is 5.14. The maximum atomic E-state index is 10.7. The van der Waals surface area contributed by atoms with Crippen LogP contribution in [-0.4, -0.2) is 35.0 Å². The Morgan fingerprint density at radius 3 is 3.12 bits per heavy atom. The van der Waals surface area contributed by atoms with Gasteiger partial charge in [0.15, 0.2) is 0 Å². The van der Waals surface area contributed by atoms with Crippen molar-refractivity contribution < 1.29 is 14.6 Å². The zero-order valence-electron chi connectivity index (χ0n) is 9.18. The minimum absolute atomic E-state index is 0.0924. The molecule has 1 rings (SSSR count). The number of pyridine rings is 1. The van der Waals surface area contributed by atoms with Crippen LogP contribution in [0.1, 0.15) is 23.8 Å². The lowest BCUT2D eigenvalue weighted by Gasteiger charge is -2.02. The highest BCUT2D eigenvalue weighted by Gasteiger charge is 2.04. The predicted octanol–water partition coefficient (Wildman–Crippen LogP) is 2.30. The summed E-state index contributed by atoms with van der Waals surface area (Å²) in [6.07, 6.45) is 2.48. The third-order valence-corrected chi connectivity index (χ3v) is 2.94. The molecule has 0 amide bonds. The van der Waals surface area contributed by atoms with E-state index in [0.717, 1.165) is 30.3 Å². The second kappa shape index (κ2) is 7.24. The van der Waals surface area contributed by atoms with E-state index in [1.54, 1.807) is 17.8 Å². The Balaban J connectivity index is 2.36. The van der Waals surface area contributed by atoms with Crippen LogP contribution in [0, 0.1) is 0 Å². The molecule has 16 heavy (non-hydrogen) atoms. The van der Waals surface area contributed by atoms with E-state index in [0.29, 0.717) is 0 Å². The van der Waals surface area contributed by atoms with Crippen molar-refractivity contribution in [3.63, 3.8) is 0 Å². The number of rotatable bonds is 7. The topological polar surface area (TPSA) is 59.4 Å². The predicted molar refractivity (Wildman–Crippen MR) is 63.0 cm³/mol. The molecular weight excluding hydrogens is 226 g/mol. The molecule has 0 aliphatic carbocycles. The van der Waals surface area contributed by atoms with Gasteiger partial charge in [0.05, 0.1) is 0 Å². The summed E-state index contributed by atoms with van der Waals surface area (Å²) in [5, 5.41) is 8.76. The van der Waals surface area contributed by atoms with Gasteiger partial charge >= 0.3 is 5.97 Å². The molecule has 0 radical (unpaired) electrons. The van der Waals surface area contributed by atoms with Gasteiger partial charge in [-0.3, -0.25) is 0 Å². The van der Waals surface area contributed by atoms with Crippen LogP contribution in [-0.2, 0) is 4.74 Å². The first kappa shape index (κ1) is 13.0. The number of aromatic carboxylic acids is 1. The van der Waals surface area contributed by atoms with Gasteiger partial charge in [-0.05, 0) is 25.5 Å². The van der Waals surface area contributed by atoms with Crippen LogP contribution in [0.2, 0.25) is 0 Å². The van der Waals surface area contributed by atoms with Gasteiger partial charge in [-0.1, -0.05) is 0 Å². The zero-order valence-corrected chi connectivity index (χ0v) is 10.00. The van der Waals surface area contributed by atoms with Gasteiger partial charge in [0.2, 0.25) is 0 Å². The van der Waals surface area contributed by atoms with Crippen molar-refractivity contribution in [1.29, 1.82) is 0 Å². The lowest BCUT2D eigenvalue weighted by atomic mass is 10.3. The van der Waals surface area contributed by atoms with Gasteiger partial charge in [0.25, 0.3) is 0 Å². The summed E-state index contributed by atoms with van der Waals surface area (Å²) in [5.41, 5.74) is 0.0924. The van der Waals surface area contributed by atoms with Crippen molar-refractivity contribution in [2.75, 3.05) is 19.0 Å². The number of carbonyl (C=O) groups is 1. The fourth-order valence-electron chi connectivity index (χ4n) is 1.11. The fraction of sp³-hybridized carbons (Fsp3) is 0.455. The summed E-state index contributed by atoms with van der Waals surface area (Å²) in [5.74, 6) is -0.0694. The molecule has 5 heteroatoms. The van der Waals surface area contributed by atoms with Gasteiger partial charge in [-0.25, -0.2) is 9.78 Å². The normalized spacial score (nSPS) is 10.3. The second-order valence-electron chi connectivity index (χ2n) is 3.08. The van der Waals surface area contributed by atoms with Crippen LogP contribution >= 0.6 is 11.8 Å². The molecule has 1 aromatic rings. The average molecular weight is 241 g/mol. The van der Waals surface area contributed by atoms with E-state index in [2.05, 4.69) is 4.98 Å². The van der Waals surface area contributed by atoms with E-state index in [-0.39, 0.29) is 5.69 Å². The van der Waals surface area contributed by atoms with Crippen molar-refractivity contribution in [3.8, 4) is 0 Å². The number of carboxylic acid groups (broad SMARTS) is 1. The molecule has 0 unspecified atom stereocenters. The Kier molecular flexibility index (Phi) is 5.88. The molecule has 88 valence electrons. The fourth-order valence-corrected chi connectivity index (χ4v) is 1.96. The number of hydrogen-bond acceptors (Lipinski definition) is 4. The highest BCUT2D eigenvalue weighted by Crippen LogP contribution is 2.18. The Hall–Kier alpha value is -1.07. The lowest BCUT2D eigenvalue weighted by Crippen LogP contribution is -1.99. The van der Waals surface area contributed by atoms with Crippen LogP contribution in [0.15, 0.2) is 23.2 Å². The number of aromatic nitrogens is 1. The Morgan fingerprint density at radius 2 is 2.44 bits per heavy atom. The number of hydrogen-bond donors (Lipinski definition) is 1. The molecule has 1 N–H and O–H groups in total. The summed E-state index contributed by atoms with van der Waals surface area (Å²) in [6.45, 7) is 3.46. The zero-order chi connectivity index (χ0) is 11.8. The Morgan fingerprint density at radius 1 is 1.62 bits per heavy atom. The van der Waals surface area contributed by atoms with Crippen LogP contribution in [0.3, 0.4) is 0 Å². The minimum Gasteiger partial charge on any atom is -0.477 e. The third kappa shape index (κ3) is 4.63. The van der Waals surface area contributed by atoms with Gasteiger partial charge in [0, 0.05) is 30.1 Å². The van der Waals surface area contributed by atoms with Crippen molar-refractivity contribution in [3.05, 3.63) is 24.0 Å². The Bertz CT molecular complexity index is 344. The summed E-state index contributed by atoms with van der Waals surface area (Å²) in [4.78, 5) is 15.4. The number of thioether (sulfide) groups is 1. The Labute approximate surface area is 99.0 Å². The van der Waals surface area contributed by atoms with Gasteiger partial charge in [-0.15, -0.1) is 11.8 Å². The number of ether oxygens (including phenoxy) is 1. The van der Waals surface area contributed by atoms with Crippen molar-refractivity contribution in [2.45, 2.75) is 18.2 Å². The maximum Gasteiger partial charge on any atom is 0.354 e. The smallest absolute Gasteiger partial charge is 0.354 e. The van der Waals surface area contributed by atoms with E-state index in [1.165, 1.54) is 6.20 Å².